The fourth-order valence-electron chi connectivity index (χ4n) is 2.34. The van der Waals surface area contributed by atoms with E-state index >= 15 is 0 Å². The highest BCUT2D eigenvalue weighted by Gasteiger charge is 2.24. The SMILES string of the molecule is CC(C)c1noc(CC2CNc3ccccc32)n1. The number of hydrogen-bond acceptors (Lipinski definition) is 4. The summed E-state index contributed by atoms with van der Waals surface area (Å²) >= 11 is 0. The van der Waals surface area contributed by atoms with Crippen LogP contribution in [0.4, 0.5) is 5.69 Å². The van der Waals surface area contributed by atoms with E-state index in [1.165, 1.54) is 11.3 Å². The second-order valence-corrected chi connectivity index (χ2v) is 5.07. The van der Waals surface area contributed by atoms with Crippen molar-refractivity contribution in [2.24, 2.45) is 0 Å². The third-order valence-electron chi connectivity index (χ3n) is 3.36. The first-order valence-electron chi connectivity index (χ1n) is 6.39. The van der Waals surface area contributed by atoms with Crippen LogP contribution in [0.1, 0.15) is 43.0 Å². The highest BCUT2D eigenvalue weighted by molar-refractivity contribution is 5.57. The van der Waals surface area contributed by atoms with Crippen LogP contribution in [0, 0.1) is 0 Å². The lowest BCUT2D eigenvalue weighted by Crippen LogP contribution is -2.05. The van der Waals surface area contributed by atoms with Gasteiger partial charge in [-0.2, -0.15) is 4.98 Å². The van der Waals surface area contributed by atoms with Gasteiger partial charge >= 0.3 is 0 Å². The zero-order valence-corrected chi connectivity index (χ0v) is 10.7. The van der Waals surface area contributed by atoms with Crippen LogP contribution < -0.4 is 5.32 Å². The molecule has 0 aliphatic carbocycles. The number of benzene rings is 1. The number of nitrogens with one attached hydrogen (secondary N) is 1. The Kier molecular flexibility index (Phi) is 2.78. The van der Waals surface area contributed by atoms with Gasteiger partial charge in [-0.1, -0.05) is 37.2 Å². The molecule has 1 N–H and O–H groups in total. The summed E-state index contributed by atoms with van der Waals surface area (Å²) in [4.78, 5) is 4.44. The second kappa shape index (κ2) is 4.44. The van der Waals surface area contributed by atoms with Gasteiger partial charge in [0, 0.05) is 30.5 Å². The summed E-state index contributed by atoms with van der Waals surface area (Å²) in [5.74, 6) is 2.28. The van der Waals surface area contributed by atoms with Gasteiger partial charge in [-0.25, -0.2) is 0 Å². The molecule has 2 aromatic rings. The lowest BCUT2D eigenvalue weighted by Gasteiger charge is -2.05. The van der Waals surface area contributed by atoms with Crippen LogP contribution in [-0.4, -0.2) is 16.7 Å². The van der Waals surface area contributed by atoms with Gasteiger partial charge in [0.15, 0.2) is 5.82 Å². The minimum atomic E-state index is 0.316. The number of fused-ring (bicyclic) bond motifs is 1. The summed E-state index contributed by atoms with van der Waals surface area (Å²) < 4.78 is 5.31. The van der Waals surface area contributed by atoms with Crippen LogP contribution in [0.15, 0.2) is 28.8 Å². The topological polar surface area (TPSA) is 51.0 Å². The van der Waals surface area contributed by atoms with Crippen LogP contribution in [0.2, 0.25) is 0 Å². The average Bonchev–Trinajstić information content (AvgIpc) is 2.98. The van der Waals surface area contributed by atoms with Gasteiger partial charge in [-0.3, -0.25) is 0 Å². The Balaban J connectivity index is 1.78. The molecule has 1 aromatic carbocycles. The Morgan fingerprint density at radius 3 is 3.00 bits per heavy atom. The standard InChI is InChI=1S/C14H17N3O/c1-9(2)14-16-13(18-17-14)7-10-8-15-12-6-4-3-5-11(10)12/h3-6,9-10,15H,7-8H2,1-2H3. The molecule has 4 nitrogen and oxygen atoms in total. The molecule has 94 valence electrons. The molecule has 1 atom stereocenters. The third kappa shape index (κ3) is 1.98. The molecule has 1 aliphatic rings. The molecule has 1 unspecified atom stereocenters. The summed E-state index contributed by atoms with van der Waals surface area (Å²) in [5.41, 5.74) is 2.58. The van der Waals surface area contributed by atoms with Crippen molar-refractivity contribution in [3.8, 4) is 0 Å². The minimum Gasteiger partial charge on any atom is -0.384 e. The van der Waals surface area contributed by atoms with Crippen molar-refractivity contribution in [1.29, 1.82) is 0 Å². The van der Waals surface area contributed by atoms with E-state index in [-0.39, 0.29) is 0 Å². The number of anilines is 1. The highest BCUT2D eigenvalue weighted by Crippen LogP contribution is 2.33. The maximum Gasteiger partial charge on any atom is 0.227 e. The predicted molar refractivity (Wildman–Crippen MR) is 69.8 cm³/mol. The Labute approximate surface area is 106 Å². The first-order valence-corrected chi connectivity index (χ1v) is 6.39. The second-order valence-electron chi connectivity index (χ2n) is 5.07. The van der Waals surface area contributed by atoms with E-state index in [0.717, 1.165) is 24.7 Å². The van der Waals surface area contributed by atoms with E-state index in [0.29, 0.717) is 11.8 Å². The molecular formula is C14H17N3O. The predicted octanol–water partition coefficient (Wildman–Crippen LogP) is 2.94. The van der Waals surface area contributed by atoms with Crippen molar-refractivity contribution in [1.82, 2.24) is 10.1 Å². The molecule has 0 bridgehead atoms. The van der Waals surface area contributed by atoms with Gasteiger partial charge in [-0.05, 0) is 11.6 Å². The van der Waals surface area contributed by atoms with Crippen LogP contribution in [0.5, 0.6) is 0 Å². The van der Waals surface area contributed by atoms with E-state index in [1.807, 2.05) is 0 Å². The number of para-hydroxylation sites is 1. The van der Waals surface area contributed by atoms with Gasteiger partial charge in [-0.15, -0.1) is 0 Å². The molecule has 0 fully saturated rings. The van der Waals surface area contributed by atoms with E-state index in [1.54, 1.807) is 0 Å². The quantitative estimate of drug-likeness (QED) is 0.900. The summed E-state index contributed by atoms with van der Waals surface area (Å²) in [6.45, 7) is 5.08. The average molecular weight is 243 g/mol. The van der Waals surface area contributed by atoms with Gasteiger partial charge in [0.05, 0.1) is 0 Å². The van der Waals surface area contributed by atoms with E-state index in [2.05, 4.69) is 53.6 Å². The van der Waals surface area contributed by atoms with Crippen molar-refractivity contribution >= 4 is 5.69 Å². The Morgan fingerprint density at radius 2 is 2.22 bits per heavy atom. The molecule has 3 rings (SSSR count). The maximum atomic E-state index is 5.31. The molecule has 18 heavy (non-hydrogen) atoms. The maximum absolute atomic E-state index is 5.31. The first-order chi connectivity index (χ1) is 8.74. The number of aromatic nitrogens is 2. The highest BCUT2D eigenvalue weighted by atomic mass is 16.5. The molecule has 0 spiro atoms. The third-order valence-corrected chi connectivity index (χ3v) is 3.36. The summed E-state index contributed by atoms with van der Waals surface area (Å²) in [7, 11) is 0. The Hall–Kier alpha value is -1.84. The zero-order valence-electron chi connectivity index (χ0n) is 10.7. The molecule has 2 heterocycles. The molecular weight excluding hydrogens is 226 g/mol. The summed E-state index contributed by atoms with van der Waals surface area (Å²) in [6.07, 6.45) is 0.809. The summed E-state index contributed by atoms with van der Waals surface area (Å²) in [6, 6.07) is 8.41. The Bertz CT molecular complexity index is 547. The van der Waals surface area contributed by atoms with Gasteiger partial charge in [0.25, 0.3) is 0 Å². The van der Waals surface area contributed by atoms with Crippen LogP contribution in [-0.2, 0) is 6.42 Å². The van der Waals surface area contributed by atoms with Crippen molar-refractivity contribution < 1.29 is 4.52 Å². The van der Waals surface area contributed by atoms with Gasteiger partial charge in [0.1, 0.15) is 0 Å². The largest absolute Gasteiger partial charge is 0.384 e. The molecule has 4 heteroatoms. The lowest BCUT2D eigenvalue weighted by molar-refractivity contribution is 0.365. The molecule has 0 amide bonds. The molecule has 1 aromatic heterocycles. The molecule has 0 radical (unpaired) electrons. The monoisotopic (exact) mass is 243 g/mol. The van der Waals surface area contributed by atoms with E-state index in [9.17, 15) is 0 Å². The molecule has 0 saturated carbocycles. The molecule has 0 saturated heterocycles. The van der Waals surface area contributed by atoms with Crippen LogP contribution in [0.3, 0.4) is 0 Å². The smallest absolute Gasteiger partial charge is 0.227 e. The van der Waals surface area contributed by atoms with Crippen LogP contribution in [0.25, 0.3) is 0 Å². The Morgan fingerprint density at radius 1 is 1.39 bits per heavy atom. The van der Waals surface area contributed by atoms with Crippen molar-refractivity contribution in [2.45, 2.75) is 32.1 Å². The van der Waals surface area contributed by atoms with Crippen molar-refractivity contribution in [3.63, 3.8) is 0 Å². The fourth-order valence-corrected chi connectivity index (χ4v) is 2.34. The lowest BCUT2D eigenvalue weighted by atomic mass is 9.98. The minimum absolute atomic E-state index is 0.316. The number of rotatable bonds is 3. The number of nitrogens with zero attached hydrogens (tertiary/aromatic N) is 2. The van der Waals surface area contributed by atoms with Crippen molar-refractivity contribution in [3.05, 3.63) is 41.5 Å². The summed E-state index contributed by atoms with van der Waals surface area (Å²) in [5, 5.41) is 7.42. The zero-order chi connectivity index (χ0) is 12.5. The molecule has 1 aliphatic heterocycles. The van der Waals surface area contributed by atoms with E-state index < -0.39 is 0 Å². The van der Waals surface area contributed by atoms with Crippen molar-refractivity contribution in [2.75, 3.05) is 11.9 Å². The number of hydrogen-bond donors (Lipinski definition) is 1. The van der Waals surface area contributed by atoms with Gasteiger partial charge in [0.2, 0.25) is 5.89 Å². The fraction of sp³-hybridized carbons (Fsp3) is 0.429. The van der Waals surface area contributed by atoms with Crippen LogP contribution >= 0.6 is 0 Å². The van der Waals surface area contributed by atoms with Gasteiger partial charge < -0.3 is 9.84 Å². The first kappa shape index (κ1) is 11.3. The van der Waals surface area contributed by atoms with E-state index in [4.69, 9.17) is 4.52 Å². The normalized spacial score (nSPS) is 17.8.